The minimum Gasteiger partial charge on any atom is -0.471 e. The zero-order valence-electron chi connectivity index (χ0n) is 23.3. The molecule has 0 saturated carbocycles. The van der Waals surface area contributed by atoms with Crippen molar-refractivity contribution in [1.29, 1.82) is 0 Å². The largest absolute Gasteiger partial charge is 0.471 e. The van der Waals surface area contributed by atoms with E-state index in [1.807, 2.05) is 13.8 Å². The van der Waals surface area contributed by atoms with Gasteiger partial charge in [0.05, 0.1) is 39.8 Å². The Labute approximate surface area is 247 Å². The van der Waals surface area contributed by atoms with Crippen LogP contribution in [0.25, 0.3) is 21.8 Å². The molecule has 1 fully saturated rings. The second-order valence-corrected chi connectivity index (χ2v) is 13.4. The summed E-state index contributed by atoms with van der Waals surface area (Å²) in [6, 6.07) is 7.35. The number of anilines is 2. The van der Waals surface area contributed by atoms with E-state index in [1.54, 1.807) is 17.0 Å². The minimum absolute atomic E-state index is 0.0509. The normalized spacial score (nSPS) is 15.1. The molecule has 4 aromatic rings. The third kappa shape index (κ3) is 6.09. The minimum atomic E-state index is -4.08. The van der Waals surface area contributed by atoms with Gasteiger partial charge in [0.15, 0.2) is 5.82 Å². The Balaban J connectivity index is 1.50. The van der Waals surface area contributed by atoms with Gasteiger partial charge in [0.1, 0.15) is 11.2 Å². The highest BCUT2D eigenvalue weighted by Gasteiger charge is 2.38. The molecule has 4 heterocycles. The lowest BCUT2D eigenvalue weighted by Crippen LogP contribution is -2.44. The molecule has 0 bridgehead atoms. The zero-order chi connectivity index (χ0) is 30.1. The summed E-state index contributed by atoms with van der Waals surface area (Å²) in [5.41, 5.74) is 6.07. The quantitative estimate of drug-likeness (QED) is 0.261. The van der Waals surface area contributed by atoms with Gasteiger partial charge in [0, 0.05) is 30.3 Å². The summed E-state index contributed by atoms with van der Waals surface area (Å²) in [6.45, 7) is 7.36. The van der Waals surface area contributed by atoms with Crippen molar-refractivity contribution in [1.82, 2.24) is 19.9 Å². The smallest absolute Gasteiger partial charge is 0.409 e. The number of piperidine rings is 1. The van der Waals surface area contributed by atoms with Crippen LogP contribution in [0.15, 0.2) is 58.4 Å². The van der Waals surface area contributed by atoms with Crippen LogP contribution in [0.3, 0.4) is 0 Å². The van der Waals surface area contributed by atoms with Crippen LogP contribution in [0.2, 0.25) is 0 Å². The Morgan fingerprint density at radius 1 is 1.24 bits per heavy atom. The van der Waals surface area contributed by atoms with Gasteiger partial charge in [0.25, 0.3) is 10.0 Å². The first-order valence-electron chi connectivity index (χ1n) is 13.3. The van der Waals surface area contributed by atoms with Crippen LogP contribution in [0, 0.1) is 11.7 Å². The molecule has 1 aliphatic heterocycles. The molecule has 1 amide bonds. The van der Waals surface area contributed by atoms with E-state index in [1.165, 1.54) is 42.0 Å². The number of hydrogen-bond donors (Lipinski definition) is 2. The van der Waals surface area contributed by atoms with Crippen molar-refractivity contribution in [3.63, 3.8) is 0 Å². The fraction of sp³-hybridized carbons (Fsp3) is 0.357. The monoisotopic (exact) mass is 614 g/mol. The fourth-order valence-corrected chi connectivity index (χ4v) is 6.80. The third-order valence-electron chi connectivity index (χ3n) is 7.02. The number of nitrogens with one attached hydrogen (secondary N) is 1. The van der Waals surface area contributed by atoms with Crippen molar-refractivity contribution in [2.24, 2.45) is 5.92 Å². The molecule has 11 nitrogen and oxygen atoms in total. The van der Waals surface area contributed by atoms with Crippen molar-refractivity contribution in [3.05, 3.63) is 59.9 Å². The van der Waals surface area contributed by atoms with Crippen LogP contribution in [0.5, 0.6) is 0 Å². The van der Waals surface area contributed by atoms with Gasteiger partial charge in [-0.3, -0.25) is 4.72 Å². The van der Waals surface area contributed by atoms with Gasteiger partial charge in [-0.1, -0.05) is 26.8 Å². The summed E-state index contributed by atoms with van der Waals surface area (Å²) in [5, 5.41) is 0.740. The molecule has 0 radical (unpaired) electrons. The van der Waals surface area contributed by atoms with Crippen LogP contribution in [-0.4, -0.2) is 54.1 Å². The predicted molar refractivity (Wildman–Crippen MR) is 157 cm³/mol. The molecule has 0 aliphatic carbocycles. The molecule has 1 aromatic carbocycles. The lowest BCUT2D eigenvalue weighted by Gasteiger charge is -2.37. The van der Waals surface area contributed by atoms with Gasteiger partial charge in [0.2, 0.25) is 5.95 Å². The molecule has 0 spiro atoms. The van der Waals surface area contributed by atoms with E-state index in [0.717, 1.165) is 11.3 Å². The Kier molecular flexibility index (Phi) is 8.19. The first-order chi connectivity index (χ1) is 20.0. The summed E-state index contributed by atoms with van der Waals surface area (Å²) < 4.78 is 54.1. The highest BCUT2D eigenvalue weighted by Crippen LogP contribution is 2.45. The van der Waals surface area contributed by atoms with E-state index in [-0.39, 0.29) is 34.1 Å². The topological polar surface area (TPSA) is 154 Å². The van der Waals surface area contributed by atoms with Gasteiger partial charge >= 0.3 is 6.09 Å². The van der Waals surface area contributed by atoms with Crippen LogP contribution in [-0.2, 0) is 20.2 Å². The Morgan fingerprint density at radius 2 is 2.00 bits per heavy atom. The number of nitrogen functional groups attached to an aromatic ring is 1. The summed E-state index contributed by atoms with van der Waals surface area (Å²) >= 11 is 1.36. The molecule has 5 rings (SSSR count). The molecule has 1 aliphatic rings. The Hall–Kier alpha value is -4.04. The van der Waals surface area contributed by atoms with E-state index in [9.17, 15) is 13.2 Å². The fourth-order valence-electron chi connectivity index (χ4n) is 4.56. The summed E-state index contributed by atoms with van der Waals surface area (Å²) in [6.07, 6.45) is 4.70. The number of carbonyl (C=O) groups is 1. The number of aromatic nitrogens is 3. The predicted octanol–water partition coefficient (Wildman–Crippen LogP) is 5.53. The standard InChI is InChI=1S/C28H31FN6O5S2/c1-17(2)15-40-27(36)35-12-9-28(3,10-13-35)25-33-23(24(41-25)21-7-11-31-26(30)32-21)19-5-4-6-20(22(19)29)34-42(37,38)18-8-14-39-16-18/h4-8,11,14,16-17,34H,9-10,12-13,15H2,1-3H3,(H2,30,31,32). The molecular weight excluding hydrogens is 583 g/mol. The Morgan fingerprint density at radius 3 is 2.67 bits per heavy atom. The number of sulfonamides is 1. The number of nitrogens with zero attached hydrogens (tertiary/aromatic N) is 4. The number of hydrogen-bond acceptors (Lipinski definition) is 10. The number of furan rings is 1. The number of halogens is 1. The van der Waals surface area contributed by atoms with E-state index in [2.05, 4.69) is 21.6 Å². The van der Waals surface area contributed by atoms with Crippen molar-refractivity contribution in [3.8, 4) is 21.8 Å². The molecule has 42 heavy (non-hydrogen) atoms. The number of rotatable bonds is 8. The number of benzene rings is 1. The molecular formula is C28H31FN6O5S2. The molecule has 1 saturated heterocycles. The number of amides is 1. The molecule has 3 aromatic heterocycles. The average molecular weight is 615 g/mol. The van der Waals surface area contributed by atoms with Crippen molar-refractivity contribution in [2.75, 3.05) is 30.2 Å². The van der Waals surface area contributed by atoms with E-state index in [4.69, 9.17) is 19.9 Å². The third-order valence-corrected chi connectivity index (χ3v) is 9.74. The average Bonchev–Trinajstić information content (AvgIpc) is 3.65. The van der Waals surface area contributed by atoms with Crippen LogP contribution < -0.4 is 10.5 Å². The zero-order valence-corrected chi connectivity index (χ0v) is 25.0. The van der Waals surface area contributed by atoms with Gasteiger partial charge in [-0.05, 0) is 43.0 Å². The van der Waals surface area contributed by atoms with E-state index in [0.29, 0.717) is 48.8 Å². The van der Waals surface area contributed by atoms with Gasteiger partial charge in [-0.2, -0.15) is 0 Å². The van der Waals surface area contributed by atoms with Crippen LogP contribution in [0.4, 0.5) is 20.8 Å². The second kappa shape index (κ2) is 11.7. The summed E-state index contributed by atoms with van der Waals surface area (Å²) in [7, 11) is -4.08. The van der Waals surface area contributed by atoms with Crippen molar-refractivity contribution < 1.29 is 26.8 Å². The summed E-state index contributed by atoms with van der Waals surface area (Å²) in [5.74, 6) is -0.501. The number of likely N-dealkylation sites (tertiary alicyclic amines) is 1. The first kappa shape index (κ1) is 29.5. The number of ether oxygens (including phenoxy) is 1. The second-order valence-electron chi connectivity index (χ2n) is 10.7. The van der Waals surface area contributed by atoms with E-state index < -0.39 is 21.3 Å². The van der Waals surface area contributed by atoms with Crippen LogP contribution in [0.1, 0.15) is 38.6 Å². The molecule has 222 valence electrons. The maximum absolute atomic E-state index is 16.0. The summed E-state index contributed by atoms with van der Waals surface area (Å²) in [4.78, 5) is 27.9. The van der Waals surface area contributed by atoms with Gasteiger partial charge < -0.3 is 19.8 Å². The molecule has 14 heteroatoms. The van der Waals surface area contributed by atoms with Crippen LogP contribution >= 0.6 is 11.3 Å². The number of nitrogens with two attached hydrogens (primary N) is 1. The lowest BCUT2D eigenvalue weighted by molar-refractivity contribution is 0.0762. The van der Waals surface area contributed by atoms with Gasteiger partial charge in [-0.25, -0.2) is 32.6 Å². The highest BCUT2D eigenvalue weighted by atomic mass is 32.2. The molecule has 0 atom stereocenters. The maximum Gasteiger partial charge on any atom is 0.409 e. The SMILES string of the molecule is CC(C)COC(=O)N1CCC(C)(c2nc(-c3cccc(NS(=O)(=O)c4ccoc4)c3F)c(-c3ccnc(N)n3)s2)CC1. The van der Waals surface area contributed by atoms with Gasteiger partial charge in [-0.15, -0.1) is 11.3 Å². The molecule has 3 N–H and O–H groups in total. The highest BCUT2D eigenvalue weighted by molar-refractivity contribution is 7.92. The maximum atomic E-state index is 16.0. The van der Waals surface area contributed by atoms with Crippen molar-refractivity contribution in [2.45, 2.75) is 43.9 Å². The first-order valence-corrected chi connectivity index (χ1v) is 15.6. The number of thiazole rings is 1. The number of carbonyl (C=O) groups excluding carboxylic acids is 1. The lowest BCUT2D eigenvalue weighted by atomic mass is 9.81. The molecule has 0 unspecified atom stereocenters. The van der Waals surface area contributed by atoms with E-state index >= 15 is 4.39 Å². The van der Waals surface area contributed by atoms with Crippen molar-refractivity contribution >= 4 is 39.1 Å². The Bertz CT molecular complexity index is 1680.